The molecule has 5 N–H and O–H groups in total. The van der Waals surface area contributed by atoms with Crippen molar-refractivity contribution in [2.24, 2.45) is 5.14 Å². The Morgan fingerprint density at radius 3 is 2.67 bits per heavy atom. The molecule has 0 amide bonds. The molecule has 0 heterocycles. The van der Waals surface area contributed by atoms with E-state index in [0.29, 0.717) is 0 Å². The van der Waals surface area contributed by atoms with Crippen LogP contribution in [0.3, 0.4) is 0 Å². The van der Waals surface area contributed by atoms with Crippen LogP contribution in [-0.4, -0.2) is 37.9 Å². The molecule has 0 spiro atoms. The van der Waals surface area contributed by atoms with Crippen LogP contribution in [-0.2, 0) is 10.0 Å². The number of nitrogens with two attached hydrogens (primary N) is 1. The molecule has 102 valence electrons. The van der Waals surface area contributed by atoms with E-state index in [0.717, 1.165) is 5.56 Å². The average molecular weight is 274 g/mol. The van der Waals surface area contributed by atoms with Gasteiger partial charge in [0.05, 0.1) is 17.6 Å². The van der Waals surface area contributed by atoms with Crippen LogP contribution in [0.4, 0.5) is 0 Å². The van der Waals surface area contributed by atoms with Crippen LogP contribution in [0.2, 0.25) is 0 Å². The number of primary sulfonamides is 1. The number of hydrogen-bond acceptors (Lipinski definition) is 5. The van der Waals surface area contributed by atoms with Crippen molar-refractivity contribution in [1.29, 1.82) is 0 Å². The van der Waals surface area contributed by atoms with E-state index in [9.17, 15) is 13.5 Å². The summed E-state index contributed by atoms with van der Waals surface area (Å²) in [7, 11) is -3.71. The number of sulfonamides is 1. The summed E-state index contributed by atoms with van der Waals surface area (Å²) in [6, 6.07) is 6.12. The van der Waals surface area contributed by atoms with E-state index in [4.69, 9.17) is 10.2 Å². The van der Waals surface area contributed by atoms with Gasteiger partial charge in [0.1, 0.15) is 0 Å². The fourth-order valence-electron chi connectivity index (χ4n) is 1.46. The van der Waals surface area contributed by atoms with Gasteiger partial charge in [-0.15, -0.1) is 0 Å². The first-order chi connectivity index (χ1) is 8.34. The van der Waals surface area contributed by atoms with Gasteiger partial charge >= 0.3 is 0 Å². The topological polar surface area (TPSA) is 113 Å². The Balaban J connectivity index is 2.78. The Morgan fingerprint density at radius 2 is 2.11 bits per heavy atom. The second kappa shape index (κ2) is 6.26. The molecular formula is C11H18N2O4S. The van der Waals surface area contributed by atoms with Gasteiger partial charge in [-0.3, -0.25) is 0 Å². The van der Waals surface area contributed by atoms with E-state index in [1.165, 1.54) is 12.1 Å². The zero-order valence-corrected chi connectivity index (χ0v) is 10.9. The maximum Gasteiger partial charge on any atom is 0.238 e. The minimum absolute atomic E-state index is 0.0522. The predicted molar refractivity (Wildman–Crippen MR) is 67.3 cm³/mol. The van der Waals surface area contributed by atoms with E-state index in [-0.39, 0.29) is 24.1 Å². The van der Waals surface area contributed by atoms with Crippen LogP contribution in [0, 0.1) is 0 Å². The maximum atomic E-state index is 11.2. The first kappa shape index (κ1) is 15.1. The average Bonchev–Trinajstić information content (AvgIpc) is 2.34. The number of aliphatic hydroxyl groups is 2. The minimum atomic E-state index is -3.71. The van der Waals surface area contributed by atoms with Crippen molar-refractivity contribution in [3.63, 3.8) is 0 Å². The number of aliphatic hydroxyl groups excluding tert-OH is 2. The zero-order chi connectivity index (χ0) is 13.8. The molecule has 0 fully saturated rings. The smallest absolute Gasteiger partial charge is 0.238 e. The van der Waals surface area contributed by atoms with Gasteiger partial charge in [0.15, 0.2) is 0 Å². The SMILES string of the molecule is CC(NCC(O)CO)c1cccc(S(N)(=O)=O)c1. The second-order valence-corrected chi connectivity index (χ2v) is 5.65. The molecule has 18 heavy (non-hydrogen) atoms. The van der Waals surface area contributed by atoms with Crippen LogP contribution in [0.1, 0.15) is 18.5 Å². The van der Waals surface area contributed by atoms with Crippen LogP contribution in [0.5, 0.6) is 0 Å². The first-order valence-electron chi connectivity index (χ1n) is 5.49. The molecule has 0 aliphatic heterocycles. The lowest BCUT2D eigenvalue weighted by Crippen LogP contribution is -2.31. The lowest BCUT2D eigenvalue weighted by Gasteiger charge is -2.16. The van der Waals surface area contributed by atoms with Crippen molar-refractivity contribution >= 4 is 10.0 Å². The van der Waals surface area contributed by atoms with E-state index in [1.807, 2.05) is 6.92 Å². The van der Waals surface area contributed by atoms with Crippen molar-refractivity contribution in [2.75, 3.05) is 13.2 Å². The van der Waals surface area contributed by atoms with Gasteiger partial charge in [0.2, 0.25) is 10.0 Å². The summed E-state index contributed by atoms with van der Waals surface area (Å²) in [5.74, 6) is 0. The molecule has 2 atom stereocenters. The molecule has 0 aromatic heterocycles. The summed E-state index contributed by atoms with van der Waals surface area (Å²) < 4.78 is 22.4. The second-order valence-electron chi connectivity index (χ2n) is 4.08. The zero-order valence-electron chi connectivity index (χ0n) is 10.1. The van der Waals surface area contributed by atoms with Crippen molar-refractivity contribution in [1.82, 2.24) is 5.32 Å². The van der Waals surface area contributed by atoms with Crippen molar-refractivity contribution in [3.05, 3.63) is 29.8 Å². The molecule has 0 aliphatic rings. The van der Waals surface area contributed by atoms with Gasteiger partial charge < -0.3 is 15.5 Å². The molecule has 1 rings (SSSR count). The summed E-state index contributed by atoms with van der Waals surface area (Å²) in [6.45, 7) is 1.72. The standard InChI is InChI=1S/C11H18N2O4S/c1-8(13-6-10(15)7-14)9-3-2-4-11(5-9)18(12,16)17/h2-5,8,10,13-15H,6-7H2,1H3,(H2,12,16,17). The van der Waals surface area contributed by atoms with Crippen LogP contribution in [0.15, 0.2) is 29.2 Å². The van der Waals surface area contributed by atoms with E-state index >= 15 is 0 Å². The van der Waals surface area contributed by atoms with Crippen molar-refractivity contribution in [3.8, 4) is 0 Å². The fourth-order valence-corrected chi connectivity index (χ4v) is 2.02. The lowest BCUT2D eigenvalue weighted by atomic mass is 10.1. The van der Waals surface area contributed by atoms with Gasteiger partial charge in [0, 0.05) is 12.6 Å². The Bertz CT molecular complexity index is 490. The number of nitrogens with one attached hydrogen (secondary N) is 1. The van der Waals surface area contributed by atoms with E-state index in [1.54, 1.807) is 12.1 Å². The fraction of sp³-hybridized carbons (Fsp3) is 0.455. The molecule has 0 radical (unpaired) electrons. The Hall–Kier alpha value is -0.990. The van der Waals surface area contributed by atoms with Crippen LogP contribution in [0.25, 0.3) is 0 Å². The van der Waals surface area contributed by atoms with Gasteiger partial charge in [0.25, 0.3) is 0 Å². The molecule has 1 aromatic rings. The molecule has 2 unspecified atom stereocenters. The molecule has 0 saturated carbocycles. The van der Waals surface area contributed by atoms with E-state index in [2.05, 4.69) is 5.32 Å². The van der Waals surface area contributed by atoms with Crippen LogP contribution < -0.4 is 10.5 Å². The number of rotatable bonds is 6. The summed E-state index contributed by atoms with van der Waals surface area (Å²) in [4.78, 5) is 0.0522. The summed E-state index contributed by atoms with van der Waals surface area (Å²) in [6.07, 6.45) is -0.839. The molecule has 0 bridgehead atoms. The number of benzene rings is 1. The number of hydrogen-bond donors (Lipinski definition) is 4. The highest BCUT2D eigenvalue weighted by atomic mass is 32.2. The third-order valence-corrected chi connectivity index (χ3v) is 3.47. The summed E-state index contributed by atoms with van der Waals surface area (Å²) in [5, 5.41) is 25.9. The normalized spacial score (nSPS) is 15.3. The highest BCUT2D eigenvalue weighted by molar-refractivity contribution is 7.89. The van der Waals surface area contributed by atoms with Gasteiger partial charge in [-0.05, 0) is 24.6 Å². The highest BCUT2D eigenvalue weighted by Gasteiger charge is 2.12. The summed E-state index contributed by atoms with van der Waals surface area (Å²) >= 11 is 0. The predicted octanol–water partition coefficient (Wildman–Crippen LogP) is -0.662. The molecule has 0 aliphatic carbocycles. The molecule has 7 heteroatoms. The third kappa shape index (κ3) is 4.35. The Kier molecular flexibility index (Phi) is 5.24. The van der Waals surface area contributed by atoms with Crippen molar-refractivity contribution < 1.29 is 18.6 Å². The summed E-state index contributed by atoms with van der Waals surface area (Å²) in [5.41, 5.74) is 0.742. The molecular weight excluding hydrogens is 256 g/mol. The Morgan fingerprint density at radius 1 is 1.44 bits per heavy atom. The third-order valence-electron chi connectivity index (χ3n) is 2.56. The lowest BCUT2D eigenvalue weighted by molar-refractivity contribution is 0.0924. The molecule has 0 saturated heterocycles. The van der Waals surface area contributed by atoms with Gasteiger partial charge in [-0.2, -0.15) is 0 Å². The largest absolute Gasteiger partial charge is 0.394 e. The maximum absolute atomic E-state index is 11.2. The van der Waals surface area contributed by atoms with Crippen molar-refractivity contribution in [2.45, 2.75) is 24.0 Å². The molecule has 1 aromatic carbocycles. The minimum Gasteiger partial charge on any atom is -0.394 e. The van der Waals surface area contributed by atoms with Gasteiger partial charge in [-0.25, -0.2) is 13.6 Å². The van der Waals surface area contributed by atoms with Crippen LogP contribution >= 0.6 is 0 Å². The quantitative estimate of drug-likeness (QED) is 0.550. The van der Waals surface area contributed by atoms with Gasteiger partial charge in [-0.1, -0.05) is 12.1 Å². The molecule has 6 nitrogen and oxygen atoms in total. The monoisotopic (exact) mass is 274 g/mol. The first-order valence-corrected chi connectivity index (χ1v) is 7.04. The van der Waals surface area contributed by atoms with E-state index < -0.39 is 16.1 Å². The Labute approximate surface area is 106 Å². The highest BCUT2D eigenvalue weighted by Crippen LogP contribution is 2.16.